The Labute approximate surface area is 471 Å². The van der Waals surface area contributed by atoms with E-state index in [1.54, 1.807) is 52.4 Å². The molecule has 5 amide bonds. The highest BCUT2D eigenvalue weighted by Crippen LogP contribution is 2.43. The fourth-order valence-electron chi connectivity index (χ4n) is 9.78. The van der Waals surface area contributed by atoms with Gasteiger partial charge in [-0.1, -0.05) is 58.0 Å². The number of hydrogen-bond donors (Lipinski definition) is 3. The number of imide groups is 1. The molecule has 1 saturated heterocycles. The van der Waals surface area contributed by atoms with Crippen molar-refractivity contribution in [2.45, 2.75) is 95.0 Å². The van der Waals surface area contributed by atoms with E-state index in [2.05, 4.69) is 10.6 Å². The van der Waals surface area contributed by atoms with Crippen molar-refractivity contribution in [1.29, 1.82) is 0 Å². The Bertz CT molecular complexity index is 3390. The summed E-state index contributed by atoms with van der Waals surface area (Å²) in [5.41, 5.74) is 7.36. The average molecular weight is 1150 g/mol. The van der Waals surface area contributed by atoms with Crippen LogP contribution in [0.1, 0.15) is 95.8 Å². The van der Waals surface area contributed by atoms with Gasteiger partial charge in [0.25, 0.3) is 33.7 Å². The number of hydrogen-bond acceptors (Lipinski definition) is 17. The van der Waals surface area contributed by atoms with E-state index in [1.807, 2.05) is 75.4 Å². The number of ether oxygens (including phenoxy) is 4. The largest absolute Gasteiger partial charge is 0.493 e. The van der Waals surface area contributed by atoms with Crippen molar-refractivity contribution in [2.24, 2.45) is 4.99 Å². The minimum Gasteiger partial charge on any atom is -0.493 e. The molecule has 4 heterocycles. The number of nitrogens with one attached hydrogen (secondary N) is 2. The first-order valence-corrected chi connectivity index (χ1v) is 29.7. The maximum atomic E-state index is 14.2. The summed E-state index contributed by atoms with van der Waals surface area (Å²) in [5.74, 6) is -2.32. The summed E-state index contributed by atoms with van der Waals surface area (Å²) in [5, 5.41) is 4.53. The predicted octanol–water partition coefficient (Wildman–Crippen LogP) is 8.92. The highest BCUT2D eigenvalue weighted by molar-refractivity contribution is 8.77. The molecule has 2 atom stereocenters. The summed E-state index contributed by atoms with van der Waals surface area (Å²) in [6.07, 6.45) is 2.85. The number of nitrogens with zero attached hydrogens (tertiary/aromatic N) is 4. The van der Waals surface area contributed by atoms with Crippen molar-refractivity contribution in [3.63, 3.8) is 0 Å². The molecule has 23 heteroatoms. The van der Waals surface area contributed by atoms with E-state index in [-0.39, 0.29) is 73.5 Å². The number of hydroxylamine groups is 2. The van der Waals surface area contributed by atoms with Crippen molar-refractivity contribution in [2.75, 3.05) is 53.5 Å². The Morgan fingerprint density at radius 3 is 2.15 bits per heavy atom. The van der Waals surface area contributed by atoms with Crippen molar-refractivity contribution < 1.29 is 65.5 Å². The van der Waals surface area contributed by atoms with Gasteiger partial charge in [0.2, 0.25) is 5.91 Å². The summed E-state index contributed by atoms with van der Waals surface area (Å²) in [6, 6.07) is 27.5. The number of aliphatic imine (C=N–C) groups is 1. The third-order valence-corrected chi connectivity index (χ3v) is 18.3. The van der Waals surface area contributed by atoms with Gasteiger partial charge in [0, 0.05) is 84.7 Å². The molecule has 0 radical (unpaired) electrons. The molecule has 5 aromatic carbocycles. The molecule has 0 aromatic heterocycles. The molecule has 0 aliphatic carbocycles. The summed E-state index contributed by atoms with van der Waals surface area (Å²) < 4.78 is 58.0. The molecule has 0 spiro atoms. The molecule has 9 rings (SSSR count). The summed E-state index contributed by atoms with van der Waals surface area (Å²) >= 11 is 0. The number of rotatable bonds is 23. The van der Waals surface area contributed by atoms with E-state index in [0.717, 1.165) is 28.9 Å². The van der Waals surface area contributed by atoms with Gasteiger partial charge in [-0.05, 0) is 105 Å². The Morgan fingerprint density at radius 2 is 1.48 bits per heavy atom. The van der Waals surface area contributed by atoms with E-state index in [0.29, 0.717) is 88.2 Å². The monoisotopic (exact) mass is 1150 g/mol. The first kappa shape index (κ1) is 57.1. The molecular weight excluding hydrogens is 1090 g/mol. The van der Waals surface area contributed by atoms with Crippen molar-refractivity contribution >= 4 is 102 Å². The van der Waals surface area contributed by atoms with Crippen molar-refractivity contribution in [3.8, 4) is 23.0 Å². The van der Waals surface area contributed by atoms with Crippen molar-refractivity contribution in [3.05, 3.63) is 124 Å². The van der Waals surface area contributed by atoms with Crippen LogP contribution in [0, 0.1) is 0 Å². The Hall–Kier alpha value is -7.60. The van der Waals surface area contributed by atoms with Gasteiger partial charge >= 0.3 is 5.97 Å². The normalized spacial score (nSPS) is 15.8. The maximum Gasteiger partial charge on any atom is 0.353 e. The van der Waals surface area contributed by atoms with Gasteiger partial charge in [-0.2, -0.15) is 8.42 Å². The minimum atomic E-state index is -4.95. The molecule has 3 N–H and O–H groups in total. The first-order valence-electron chi connectivity index (χ1n) is 25.9. The number of anilines is 4. The standard InChI is InChI=1S/C57H60N6O14S3/c1-6-58-42-29-48(46(73-4)27-40(42)54(67)61-21-18-36-11-7-9-13-44(36)61)75-32-34-23-35(33-76-49-30-43-41(28-47(49)74-5)55(68)62-39(31-59-43)26-37-12-8-10-14-45(37)62)25-38(24-34)60-51(64)17-20-57(2,3)79-78-22-19-50(80(70,71)72)56(69)77-63-52(65)15-16-53(63)66/h7-14,23-25,27-31,39,50,58H,6,15-22,26,32-33H2,1-5H3,(H,60,64)(H,70,71,72)/t39-,50?/m0/s1. The summed E-state index contributed by atoms with van der Waals surface area (Å²) in [7, 11) is 0.605. The van der Waals surface area contributed by atoms with Crippen molar-refractivity contribution in [1.82, 2.24) is 5.06 Å². The lowest BCUT2D eigenvalue weighted by atomic mass is 10.1. The first-order chi connectivity index (χ1) is 38.3. The highest BCUT2D eigenvalue weighted by atomic mass is 33.1. The number of benzene rings is 5. The molecular formula is C57H60N6O14S3. The van der Waals surface area contributed by atoms with Gasteiger partial charge in [-0.15, -0.1) is 5.06 Å². The second-order valence-corrected chi connectivity index (χ2v) is 24.6. The van der Waals surface area contributed by atoms with Crippen LogP contribution in [-0.2, 0) is 60.2 Å². The smallest absolute Gasteiger partial charge is 0.353 e. The van der Waals surface area contributed by atoms with Crippen LogP contribution in [0.15, 0.2) is 96.0 Å². The zero-order valence-electron chi connectivity index (χ0n) is 44.6. The third kappa shape index (κ3) is 12.9. The molecule has 80 heavy (non-hydrogen) atoms. The van der Waals surface area contributed by atoms with E-state index < -0.39 is 37.9 Å². The molecule has 1 fully saturated rings. The molecule has 0 saturated carbocycles. The number of methoxy groups -OCH3 is 2. The topological polar surface area (TPSA) is 249 Å². The zero-order valence-corrected chi connectivity index (χ0v) is 47.1. The minimum absolute atomic E-state index is 0.00320. The van der Waals surface area contributed by atoms with Crippen LogP contribution in [0.2, 0.25) is 0 Å². The van der Waals surface area contributed by atoms with E-state index in [4.69, 9.17) is 28.8 Å². The van der Waals surface area contributed by atoms with Gasteiger partial charge in [0.15, 0.2) is 28.2 Å². The number of carbonyl (C=O) groups is 6. The van der Waals surface area contributed by atoms with Gasteiger partial charge in [0.1, 0.15) is 13.2 Å². The number of para-hydroxylation sites is 2. The fraction of sp³-hybridized carbons (Fsp3) is 0.351. The summed E-state index contributed by atoms with van der Waals surface area (Å²) in [6.45, 7) is 6.78. The molecule has 420 valence electrons. The van der Waals surface area contributed by atoms with E-state index in [1.165, 1.54) is 35.8 Å². The predicted molar refractivity (Wildman–Crippen MR) is 305 cm³/mol. The van der Waals surface area contributed by atoms with Crippen LogP contribution in [0.25, 0.3) is 0 Å². The SMILES string of the molecule is CCNc1cc(OCc2cc(COc3cc4c(cc3OC)C(=O)N3c5ccccc5C[C@H]3C=N4)cc(NC(=O)CCC(C)(C)SSCCC(C(=O)ON3C(=O)CCC3=O)S(=O)(=O)O)c2)c(OC)cc1C(=O)N1CCc2ccccc21. The van der Waals surface area contributed by atoms with Gasteiger partial charge < -0.3 is 39.3 Å². The van der Waals surface area contributed by atoms with Crippen LogP contribution in [0.3, 0.4) is 0 Å². The van der Waals surface area contributed by atoms with Crippen LogP contribution in [0.5, 0.6) is 23.0 Å². The Kier molecular flexibility index (Phi) is 17.4. The van der Waals surface area contributed by atoms with E-state index >= 15 is 0 Å². The van der Waals surface area contributed by atoms with Crippen LogP contribution >= 0.6 is 21.6 Å². The highest BCUT2D eigenvalue weighted by Gasteiger charge is 2.40. The maximum absolute atomic E-state index is 14.2. The van der Waals surface area contributed by atoms with Gasteiger partial charge in [0.05, 0.1) is 42.8 Å². The average Bonchev–Trinajstić information content (AvgIpc) is 4.14. The fourth-order valence-corrected chi connectivity index (χ4v) is 13.3. The second-order valence-electron chi connectivity index (χ2n) is 19.9. The molecule has 5 aromatic rings. The quantitative estimate of drug-likeness (QED) is 0.0239. The van der Waals surface area contributed by atoms with Crippen LogP contribution in [0.4, 0.5) is 28.4 Å². The zero-order chi connectivity index (χ0) is 56.9. The van der Waals surface area contributed by atoms with Crippen LogP contribution < -0.4 is 39.4 Å². The lowest BCUT2D eigenvalue weighted by Gasteiger charge is -2.23. The van der Waals surface area contributed by atoms with E-state index in [9.17, 15) is 41.7 Å². The second kappa shape index (κ2) is 24.4. The number of fused-ring (bicyclic) bond motifs is 5. The Balaban J connectivity index is 0.907. The molecule has 20 nitrogen and oxygen atoms in total. The number of carbonyl (C=O) groups excluding carboxylic acids is 6. The lowest BCUT2D eigenvalue weighted by Crippen LogP contribution is -2.39. The molecule has 4 aliphatic rings. The van der Waals surface area contributed by atoms with Gasteiger partial charge in [-0.25, -0.2) is 4.79 Å². The lowest BCUT2D eigenvalue weighted by molar-refractivity contribution is -0.197. The molecule has 1 unspecified atom stereocenters. The summed E-state index contributed by atoms with van der Waals surface area (Å²) in [4.78, 5) is 91.7. The van der Waals surface area contributed by atoms with Crippen LogP contribution in [-0.4, -0.2) is 109 Å². The number of amides is 5. The molecule has 4 aliphatic heterocycles. The Morgan fingerprint density at radius 1 is 0.825 bits per heavy atom. The third-order valence-electron chi connectivity index (χ3n) is 13.8. The molecule has 0 bridgehead atoms. The van der Waals surface area contributed by atoms with Gasteiger partial charge in [-0.3, -0.25) is 38.4 Å².